The maximum absolute atomic E-state index is 13.2. The van der Waals surface area contributed by atoms with Crippen molar-refractivity contribution in [3.8, 4) is 0 Å². The average molecular weight is 396 g/mol. The first-order valence-electron chi connectivity index (χ1n) is 10.9. The molecule has 1 aliphatic heterocycles. The first kappa shape index (κ1) is 20.1. The van der Waals surface area contributed by atoms with Gasteiger partial charge in [-0.15, -0.1) is 0 Å². The van der Waals surface area contributed by atoms with Crippen LogP contribution in [0, 0.1) is 18.3 Å². The number of hydrogen-bond acceptors (Lipinski definition) is 4. The summed E-state index contributed by atoms with van der Waals surface area (Å²) in [7, 11) is 0. The van der Waals surface area contributed by atoms with Gasteiger partial charge >= 0.3 is 0 Å². The number of aryl methyl sites for hydroxylation is 2. The zero-order chi connectivity index (χ0) is 20.6. The summed E-state index contributed by atoms with van der Waals surface area (Å²) in [6.07, 6.45) is 2.90. The van der Waals surface area contributed by atoms with Crippen LogP contribution < -0.4 is 0 Å². The van der Waals surface area contributed by atoms with Crippen molar-refractivity contribution in [1.29, 1.82) is 0 Å². The lowest BCUT2D eigenvalue weighted by Gasteiger charge is -2.35. The molecule has 1 amide bonds. The molecule has 5 nitrogen and oxygen atoms in total. The van der Waals surface area contributed by atoms with Gasteiger partial charge in [0.2, 0.25) is 0 Å². The molecule has 156 valence electrons. The fraction of sp³-hybridized carbons (Fsp3) is 0.583. The second-order valence-electron chi connectivity index (χ2n) is 9.79. The van der Waals surface area contributed by atoms with Crippen molar-refractivity contribution in [3.05, 3.63) is 52.4 Å². The third-order valence-electron chi connectivity index (χ3n) is 6.65. The molecule has 4 rings (SSSR count). The van der Waals surface area contributed by atoms with Gasteiger partial charge in [-0.25, -0.2) is 0 Å². The minimum Gasteiger partial charge on any atom is -0.360 e. The van der Waals surface area contributed by atoms with Gasteiger partial charge in [0.25, 0.3) is 5.91 Å². The zero-order valence-electron chi connectivity index (χ0n) is 18.2. The van der Waals surface area contributed by atoms with E-state index < -0.39 is 0 Å². The van der Waals surface area contributed by atoms with Crippen LogP contribution in [0.4, 0.5) is 0 Å². The fourth-order valence-electron chi connectivity index (χ4n) is 4.52. The Bertz CT molecular complexity index is 855. The van der Waals surface area contributed by atoms with Gasteiger partial charge < -0.3 is 9.42 Å². The molecule has 1 aromatic heterocycles. The molecule has 2 heterocycles. The number of aromatic nitrogens is 1. The maximum atomic E-state index is 13.2. The highest BCUT2D eigenvalue weighted by molar-refractivity contribution is 5.94. The third-order valence-corrected chi connectivity index (χ3v) is 6.65. The Morgan fingerprint density at radius 3 is 2.48 bits per heavy atom. The summed E-state index contributed by atoms with van der Waals surface area (Å²) >= 11 is 0. The molecular weight excluding hydrogens is 362 g/mol. The molecule has 1 saturated heterocycles. The van der Waals surface area contributed by atoms with Crippen LogP contribution in [-0.4, -0.2) is 47.0 Å². The van der Waals surface area contributed by atoms with E-state index in [2.05, 4.69) is 62.0 Å². The van der Waals surface area contributed by atoms with E-state index in [1.807, 2.05) is 4.90 Å². The minimum atomic E-state index is 0.0412. The van der Waals surface area contributed by atoms with Crippen molar-refractivity contribution >= 4 is 5.91 Å². The number of benzene rings is 1. The Labute approximate surface area is 174 Å². The lowest BCUT2D eigenvalue weighted by molar-refractivity contribution is 0.0617. The van der Waals surface area contributed by atoms with Crippen molar-refractivity contribution in [2.45, 2.75) is 53.5 Å². The van der Waals surface area contributed by atoms with E-state index in [4.69, 9.17) is 4.52 Å². The second-order valence-corrected chi connectivity index (χ2v) is 9.79. The van der Waals surface area contributed by atoms with Crippen molar-refractivity contribution in [2.24, 2.45) is 11.3 Å². The molecule has 0 saturated carbocycles. The van der Waals surface area contributed by atoms with Gasteiger partial charge in [0.1, 0.15) is 5.76 Å². The van der Waals surface area contributed by atoms with E-state index in [9.17, 15) is 4.79 Å². The minimum absolute atomic E-state index is 0.0412. The number of hydrogen-bond donors (Lipinski definition) is 0. The van der Waals surface area contributed by atoms with Crippen molar-refractivity contribution < 1.29 is 9.32 Å². The van der Waals surface area contributed by atoms with Crippen molar-refractivity contribution in [3.63, 3.8) is 0 Å². The summed E-state index contributed by atoms with van der Waals surface area (Å²) in [6.45, 7) is 13.2. The quantitative estimate of drug-likeness (QED) is 0.785. The Morgan fingerprint density at radius 2 is 1.83 bits per heavy atom. The number of rotatable bonds is 3. The summed E-state index contributed by atoms with van der Waals surface area (Å²) < 4.78 is 5.56. The molecule has 0 N–H and O–H groups in total. The molecule has 0 unspecified atom stereocenters. The molecule has 1 aliphatic carbocycles. The number of amides is 1. The van der Waals surface area contributed by atoms with Gasteiger partial charge in [-0.2, -0.15) is 0 Å². The predicted molar refractivity (Wildman–Crippen MR) is 114 cm³/mol. The Morgan fingerprint density at radius 1 is 1.14 bits per heavy atom. The molecule has 0 bridgehead atoms. The first-order chi connectivity index (χ1) is 13.8. The lowest BCUT2D eigenvalue weighted by Crippen LogP contribution is -2.48. The number of fused-ring (bicyclic) bond motifs is 1. The molecular formula is C24H33N3O2. The number of carbonyl (C=O) groups excluding carboxylic acids is 1. The summed E-state index contributed by atoms with van der Waals surface area (Å²) in [5, 5.41) is 4.20. The maximum Gasteiger partial charge on any atom is 0.276 e. The lowest BCUT2D eigenvalue weighted by atomic mass is 9.71. The highest BCUT2D eigenvalue weighted by Crippen LogP contribution is 2.38. The predicted octanol–water partition coefficient (Wildman–Crippen LogP) is 4.09. The largest absolute Gasteiger partial charge is 0.360 e. The SMILES string of the molecule is Cc1ccc(CN2CCN(C(=O)c3noc4c3C[C@@H](C(C)(C)C)CC4)CC2)cc1. The van der Waals surface area contributed by atoms with Gasteiger partial charge in [0.05, 0.1) is 0 Å². The summed E-state index contributed by atoms with van der Waals surface area (Å²) in [4.78, 5) is 17.5. The van der Waals surface area contributed by atoms with Gasteiger partial charge in [-0.1, -0.05) is 55.8 Å². The first-order valence-corrected chi connectivity index (χ1v) is 10.9. The zero-order valence-corrected chi connectivity index (χ0v) is 18.2. The van der Waals surface area contributed by atoms with Crippen LogP contribution in [0.2, 0.25) is 0 Å². The molecule has 2 aliphatic rings. The van der Waals surface area contributed by atoms with E-state index >= 15 is 0 Å². The van der Waals surface area contributed by atoms with Crippen molar-refractivity contribution in [2.75, 3.05) is 26.2 Å². The molecule has 1 atom stereocenters. The van der Waals surface area contributed by atoms with E-state index in [1.54, 1.807) is 0 Å². The van der Waals surface area contributed by atoms with E-state index in [1.165, 1.54) is 11.1 Å². The topological polar surface area (TPSA) is 49.6 Å². The van der Waals surface area contributed by atoms with E-state index in [0.717, 1.165) is 63.3 Å². The van der Waals surface area contributed by atoms with Crippen LogP contribution in [0.15, 0.2) is 28.8 Å². The van der Waals surface area contributed by atoms with Crippen LogP contribution in [0.5, 0.6) is 0 Å². The number of piperazine rings is 1. The van der Waals surface area contributed by atoms with Crippen LogP contribution >= 0.6 is 0 Å². The van der Waals surface area contributed by atoms with Crippen LogP contribution in [0.3, 0.4) is 0 Å². The standard InChI is InChI=1S/C24H33N3O2/c1-17-5-7-18(8-6-17)16-26-11-13-27(14-12-26)23(28)22-20-15-19(24(2,3)4)9-10-21(20)29-25-22/h5-8,19H,9-16H2,1-4H3/t19-/m0/s1. The smallest absolute Gasteiger partial charge is 0.276 e. The van der Waals surface area contributed by atoms with Gasteiger partial charge in [-0.3, -0.25) is 9.69 Å². The fourth-order valence-corrected chi connectivity index (χ4v) is 4.52. The highest BCUT2D eigenvalue weighted by atomic mass is 16.5. The second kappa shape index (κ2) is 7.94. The molecule has 5 heteroatoms. The average Bonchev–Trinajstić information content (AvgIpc) is 3.12. The third kappa shape index (κ3) is 4.40. The molecule has 1 fully saturated rings. The molecule has 0 radical (unpaired) electrons. The summed E-state index contributed by atoms with van der Waals surface area (Å²) in [5.74, 6) is 1.53. The summed E-state index contributed by atoms with van der Waals surface area (Å²) in [5.41, 5.74) is 4.46. The van der Waals surface area contributed by atoms with Crippen LogP contribution in [-0.2, 0) is 19.4 Å². The van der Waals surface area contributed by atoms with E-state index in [0.29, 0.717) is 11.6 Å². The molecule has 2 aromatic rings. The monoisotopic (exact) mass is 395 g/mol. The molecule has 0 spiro atoms. The van der Waals surface area contributed by atoms with E-state index in [-0.39, 0.29) is 11.3 Å². The number of nitrogens with zero attached hydrogens (tertiary/aromatic N) is 3. The number of carbonyl (C=O) groups is 1. The Kier molecular flexibility index (Phi) is 5.52. The van der Waals surface area contributed by atoms with Crippen LogP contribution in [0.25, 0.3) is 0 Å². The normalized spacial score (nSPS) is 20.6. The van der Waals surface area contributed by atoms with Gasteiger partial charge in [0.15, 0.2) is 5.69 Å². The van der Waals surface area contributed by atoms with Crippen LogP contribution in [0.1, 0.15) is 60.1 Å². The highest BCUT2D eigenvalue weighted by Gasteiger charge is 2.35. The Balaban J connectivity index is 1.38. The van der Waals surface area contributed by atoms with Crippen molar-refractivity contribution in [1.82, 2.24) is 15.0 Å². The Hall–Kier alpha value is -2.14. The van der Waals surface area contributed by atoms with Gasteiger partial charge in [0, 0.05) is 44.7 Å². The molecule has 29 heavy (non-hydrogen) atoms. The van der Waals surface area contributed by atoms with Gasteiger partial charge in [-0.05, 0) is 36.7 Å². The molecule has 1 aromatic carbocycles. The summed E-state index contributed by atoms with van der Waals surface area (Å²) in [6, 6.07) is 8.71.